The van der Waals surface area contributed by atoms with Crippen LogP contribution in [0.25, 0.3) is 16.6 Å². The van der Waals surface area contributed by atoms with Gasteiger partial charge >= 0.3 is 0 Å². The van der Waals surface area contributed by atoms with Gasteiger partial charge in [-0.25, -0.2) is 9.98 Å². The van der Waals surface area contributed by atoms with Crippen LogP contribution in [-0.2, 0) is 7.05 Å². The van der Waals surface area contributed by atoms with Crippen molar-refractivity contribution in [2.45, 2.75) is 37.9 Å². The van der Waals surface area contributed by atoms with Gasteiger partial charge in [0.1, 0.15) is 5.75 Å². The van der Waals surface area contributed by atoms with E-state index in [1.54, 1.807) is 12.4 Å². The van der Waals surface area contributed by atoms with Gasteiger partial charge in [-0.05, 0) is 56.0 Å². The Morgan fingerprint density at radius 3 is 2.71 bits per heavy atom. The number of aromatic nitrogens is 4. The van der Waals surface area contributed by atoms with Crippen molar-refractivity contribution in [2.24, 2.45) is 12.0 Å². The minimum atomic E-state index is -0.189. The van der Waals surface area contributed by atoms with E-state index in [-0.39, 0.29) is 12.2 Å². The van der Waals surface area contributed by atoms with E-state index in [2.05, 4.69) is 27.1 Å². The summed E-state index contributed by atoms with van der Waals surface area (Å²) < 4.78 is 8.01. The molecule has 0 bridgehead atoms. The SMILES string of the molecule is C=C(N=C(Nc1ccc(OC2CCC(O)CC2)cc1)c1nccn1C)c1ccc2cn[nH]c2c1. The van der Waals surface area contributed by atoms with E-state index in [0.717, 1.165) is 53.6 Å². The number of fused-ring (bicyclic) bond motifs is 1. The highest BCUT2D eigenvalue weighted by Gasteiger charge is 2.20. The first kappa shape index (κ1) is 21.9. The number of aliphatic imine (C=N–C) groups is 1. The second-order valence-corrected chi connectivity index (χ2v) is 8.64. The van der Waals surface area contributed by atoms with Crippen LogP contribution in [0, 0.1) is 0 Å². The highest BCUT2D eigenvalue weighted by Crippen LogP contribution is 2.25. The number of aromatic amines is 1. The summed E-state index contributed by atoms with van der Waals surface area (Å²) in [5.41, 5.74) is 3.31. The van der Waals surface area contributed by atoms with Crippen molar-refractivity contribution < 1.29 is 9.84 Å². The van der Waals surface area contributed by atoms with Crippen LogP contribution in [0.15, 0.2) is 72.6 Å². The fourth-order valence-corrected chi connectivity index (χ4v) is 4.15. The lowest BCUT2D eigenvalue weighted by Gasteiger charge is -2.26. The molecular weight excluding hydrogens is 428 g/mol. The second-order valence-electron chi connectivity index (χ2n) is 8.64. The Labute approximate surface area is 198 Å². The third-order valence-electron chi connectivity index (χ3n) is 6.12. The van der Waals surface area contributed by atoms with Gasteiger partial charge in [0.15, 0.2) is 11.7 Å². The number of rotatable bonds is 6. The molecule has 0 saturated heterocycles. The number of hydrogen-bond donors (Lipinski definition) is 3. The molecule has 0 atom stereocenters. The Kier molecular flexibility index (Phi) is 6.14. The number of aliphatic hydroxyl groups excluding tert-OH is 1. The van der Waals surface area contributed by atoms with Crippen LogP contribution < -0.4 is 10.1 Å². The summed E-state index contributed by atoms with van der Waals surface area (Å²) in [4.78, 5) is 9.27. The quantitative estimate of drug-likeness (QED) is 0.293. The number of nitrogens with zero attached hydrogens (tertiary/aromatic N) is 4. The zero-order valence-corrected chi connectivity index (χ0v) is 19.1. The largest absolute Gasteiger partial charge is 0.490 e. The maximum absolute atomic E-state index is 9.69. The van der Waals surface area contributed by atoms with Crippen molar-refractivity contribution in [3.8, 4) is 5.75 Å². The Morgan fingerprint density at radius 1 is 1.18 bits per heavy atom. The topological polar surface area (TPSA) is 100 Å². The molecule has 2 heterocycles. The van der Waals surface area contributed by atoms with Crippen molar-refractivity contribution in [3.05, 3.63) is 79.0 Å². The number of aryl methyl sites for hydroxylation is 1. The molecule has 5 rings (SSSR count). The summed E-state index contributed by atoms with van der Waals surface area (Å²) in [6.07, 6.45) is 8.72. The van der Waals surface area contributed by atoms with Gasteiger partial charge in [-0.1, -0.05) is 18.7 Å². The van der Waals surface area contributed by atoms with Crippen LogP contribution in [0.3, 0.4) is 0 Å². The molecule has 0 spiro atoms. The second kappa shape index (κ2) is 9.52. The summed E-state index contributed by atoms with van der Waals surface area (Å²) >= 11 is 0. The molecule has 0 unspecified atom stereocenters. The third-order valence-corrected chi connectivity index (χ3v) is 6.12. The molecule has 1 saturated carbocycles. The molecule has 174 valence electrons. The predicted octanol–water partition coefficient (Wildman–Crippen LogP) is 4.51. The van der Waals surface area contributed by atoms with Gasteiger partial charge in [0.25, 0.3) is 0 Å². The molecule has 1 aliphatic carbocycles. The van der Waals surface area contributed by atoms with E-state index >= 15 is 0 Å². The predicted molar refractivity (Wildman–Crippen MR) is 134 cm³/mol. The smallest absolute Gasteiger partial charge is 0.175 e. The fraction of sp³-hybridized carbons (Fsp3) is 0.269. The van der Waals surface area contributed by atoms with Gasteiger partial charge in [0.2, 0.25) is 0 Å². The van der Waals surface area contributed by atoms with Gasteiger partial charge in [-0.2, -0.15) is 5.10 Å². The van der Waals surface area contributed by atoms with Crippen LogP contribution in [-0.4, -0.2) is 42.9 Å². The first-order valence-electron chi connectivity index (χ1n) is 11.5. The highest BCUT2D eigenvalue weighted by molar-refractivity contribution is 6.08. The summed E-state index contributed by atoms with van der Waals surface area (Å²) in [5.74, 6) is 2.11. The number of imidazole rings is 1. The van der Waals surface area contributed by atoms with E-state index in [1.165, 1.54) is 0 Å². The molecule has 34 heavy (non-hydrogen) atoms. The van der Waals surface area contributed by atoms with E-state index in [0.29, 0.717) is 17.4 Å². The number of H-pyrrole nitrogens is 1. The first-order chi connectivity index (χ1) is 16.5. The van der Waals surface area contributed by atoms with Crippen LogP contribution in [0.4, 0.5) is 5.69 Å². The van der Waals surface area contributed by atoms with Gasteiger partial charge in [-0.3, -0.25) is 5.10 Å². The lowest BCUT2D eigenvalue weighted by Crippen LogP contribution is -2.26. The number of anilines is 1. The van der Waals surface area contributed by atoms with E-state index in [1.807, 2.05) is 60.3 Å². The average Bonchev–Trinajstić information content (AvgIpc) is 3.49. The Morgan fingerprint density at radius 2 is 1.97 bits per heavy atom. The minimum Gasteiger partial charge on any atom is -0.490 e. The van der Waals surface area contributed by atoms with Crippen molar-refractivity contribution in [2.75, 3.05) is 5.32 Å². The van der Waals surface area contributed by atoms with Crippen molar-refractivity contribution in [1.82, 2.24) is 19.7 Å². The maximum atomic E-state index is 9.69. The van der Waals surface area contributed by atoms with Crippen LogP contribution >= 0.6 is 0 Å². The number of ether oxygens (including phenoxy) is 1. The molecule has 0 aliphatic heterocycles. The van der Waals surface area contributed by atoms with Crippen molar-refractivity contribution in [1.29, 1.82) is 0 Å². The summed E-state index contributed by atoms with van der Waals surface area (Å²) in [6.45, 7) is 4.18. The van der Waals surface area contributed by atoms with Gasteiger partial charge < -0.3 is 19.7 Å². The van der Waals surface area contributed by atoms with E-state index < -0.39 is 0 Å². The number of amidine groups is 1. The Bertz CT molecular complexity index is 1310. The monoisotopic (exact) mass is 456 g/mol. The normalized spacial score (nSPS) is 18.7. The van der Waals surface area contributed by atoms with Crippen molar-refractivity contribution in [3.63, 3.8) is 0 Å². The number of aliphatic hydroxyl groups is 1. The molecule has 2 aromatic carbocycles. The van der Waals surface area contributed by atoms with Crippen LogP contribution in [0.1, 0.15) is 37.1 Å². The van der Waals surface area contributed by atoms with Gasteiger partial charge in [0, 0.05) is 36.1 Å². The van der Waals surface area contributed by atoms with E-state index in [9.17, 15) is 5.11 Å². The Hall–Kier alpha value is -3.91. The Balaban J connectivity index is 1.35. The summed E-state index contributed by atoms with van der Waals surface area (Å²) in [5, 5.41) is 21.2. The van der Waals surface area contributed by atoms with E-state index in [4.69, 9.17) is 9.73 Å². The van der Waals surface area contributed by atoms with Crippen LogP contribution in [0.2, 0.25) is 0 Å². The number of hydrogen-bond acceptors (Lipinski definition) is 5. The molecular formula is C26H28N6O2. The third kappa shape index (κ3) is 4.87. The van der Waals surface area contributed by atoms with Crippen molar-refractivity contribution >= 4 is 28.1 Å². The summed E-state index contributed by atoms with van der Waals surface area (Å²) in [7, 11) is 1.93. The molecule has 8 nitrogen and oxygen atoms in total. The lowest BCUT2D eigenvalue weighted by molar-refractivity contribution is 0.0666. The first-order valence-corrected chi connectivity index (χ1v) is 11.5. The highest BCUT2D eigenvalue weighted by atomic mass is 16.5. The van der Waals surface area contributed by atoms with Gasteiger partial charge in [0.05, 0.1) is 29.6 Å². The molecule has 1 fully saturated rings. The standard InChI is InChI=1S/C26H28N6O2/c1-17(18-3-4-19-16-28-31-24(19)15-18)29-25(26-27-13-14-32(26)2)30-20-5-9-22(10-6-20)34-23-11-7-21(33)8-12-23/h3-6,9-10,13-16,21,23,33H,1,7-8,11-12H2,2H3,(H,28,31)(H,29,30). The maximum Gasteiger partial charge on any atom is 0.175 e. The fourth-order valence-electron chi connectivity index (χ4n) is 4.15. The van der Waals surface area contributed by atoms with Crippen LogP contribution in [0.5, 0.6) is 5.75 Å². The zero-order chi connectivity index (χ0) is 23.5. The number of benzene rings is 2. The molecule has 8 heteroatoms. The molecule has 1 aliphatic rings. The molecule has 0 amide bonds. The molecule has 4 aromatic rings. The molecule has 3 N–H and O–H groups in total. The molecule has 0 radical (unpaired) electrons. The number of nitrogens with one attached hydrogen (secondary N) is 2. The minimum absolute atomic E-state index is 0.155. The van der Waals surface area contributed by atoms with Gasteiger partial charge in [-0.15, -0.1) is 0 Å². The molecule has 2 aromatic heterocycles. The lowest BCUT2D eigenvalue weighted by atomic mass is 9.95. The average molecular weight is 457 g/mol. The summed E-state index contributed by atoms with van der Waals surface area (Å²) in [6, 6.07) is 13.8. The zero-order valence-electron chi connectivity index (χ0n) is 19.1.